The van der Waals surface area contributed by atoms with Crippen LogP contribution in [0.15, 0.2) is 95.0 Å². The van der Waals surface area contributed by atoms with Gasteiger partial charge in [0, 0.05) is 28.2 Å². The Labute approximate surface area is 160 Å². The van der Waals surface area contributed by atoms with Crippen molar-refractivity contribution in [2.24, 2.45) is 5.10 Å². The fourth-order valence-corrected chi connectivity index (χ4v) is 3.33. The molecule has 5 heteroatoms. The lowest BCUT2D eigenvalue weighted by Gasteiger charge is -2.09. The van der Waals surface area contributed by atoms with Crippen molar-refractivity contribution in [3.05, 3.63) is 101 Å². The van der Waals surface area contributed by atoms with Gasteiger partial charge in [0.15, 0.2) is 5.82 Å². The minimum atomic E-state index is -0.194. The van der Waals surface area contributed by atoms with Crippen LogP contribution in [0, 0.1) is 0 Å². The molecule has 0 saturated heterocycles. The molecule has 0 amide bonds. The number of para-hydroxylation sites is 2. The molecule has 0 spiro atoms. The molecule has 0 bridgehead atoms. The van der Waals surface area contributed by atoms with Crippen molar-refractivity contribution in [1.82, 2.24) is 14.6 Å². The van der Waals surface area contributed by atoms with Crippen LogP contribution in [0.4, 0.5) is 0 Å². The highest BCUT2D eigenvalue weighted by Gasteiger charge is 2.12. The van der Waals surface area contributed by atoms with Crippen molar-refractivity contribution < 1.29 is 0 Å². The Kier molecular flexibility index (Phi) is 3.84. The van der Waals surface area contributed by atoms with Gasteiger partial charge < -0.3 is 4.98 Å². The first-order chi connectivity index (χ1) is 13.8. The van der Waals surface area contributed by atoms with Crippen LogP contribution in [0.5, 0.6) is 0 Å². The van der Waals surface area contributed by atoms with Gasteiger partial charge in [0.05, 0.1) is 17.1 Å². The number of nitrogens with one attached hydrogen (secondary N) is 1. The van der Waals surface area contributed by atoms with E-state index in [1.165, 1.54) is 4.68 Å². The summed E-state index contributed by atoms with van der Waals surface area (Å²) < 4.78 is 1.37. The van der Waals surface area contributed by atoms with Gasteiger partial charge in [0.1, 0.15) is 0 Å². The topological polar surface area (TPSA) is 63.0 Å². The van der Waals surface area contributed by atoms with Gasteiger partial charge in [-0.3, -0.25) is 4.79 Å². The number of rotatable bonds is 3. The van der Waals surface area contributed by atoms with Crippen molar-refractivity contribution in [3.8, 4) is 11.4 Å². The van der Waals surface area contributed by atoms with E-state index in [1.54, 1.807) is 12.3 Å². The predicted molar refractivity (Wildman–Crippen MR) is 113 cm³/mol. The minimum absolute atomic E-state index is 0.194. The van der Waals surface area contributed by atoms with Crippen molar-refractivity contribution in [2.45, 2.75) is 0 Å². The van der Waals surface area contributed by atoms with Gasteiger partial charge in [0.25, 0.3) is 5.56 Å². The molecule has 2 aromatic heterocycles. The highest BCUT2D eigenvalue weighted by molar-refractivity contribution is 5.99. The molecule has 134 valence electrons. The molecule has 5 aromatic rings. The average Bonchev–Trinajstić information content (AvgIpc) is 3.17. The smallest absolute Gasteiger partial charge is 0.282 e. The molecule has 0 unspecified atom stereocenters. The van der Waals surface area contributed by atoms with Crippen LogP contribution >= 0.6 is 0 Å². The van der Waals surface area contributed by atoms with E-state index < -0.39 is 0 Å². The lowest BCUT2D eigenvalue weighted by Crippen LogP contribution is -2.20. The molecule has 28 heavy (non-hydrogen) atoms. The Hall–Kier alpha value is -3.99. The fraction of sp³-hybridized carbons (Fsp3) is 0. The molecular formula is C23H16N4O. The highest BCUT2D eigenvalue weighted by atomic mass is 16.1. The first kappa shape index (κ1) is 16.2. The number of aromatic amines is 1. The molecule has 3 aromatic carbocycles. The van der Waals surface area contributed by atoms with Gasteiger partial charge in [-0.25, -0.2) is 4.98 Å². The molecule has 5 rings (SSSR count). The summed E-state index contributed by atoms with van der Waals surface area (Å²) in [5.74, 6) is 0.514. The van der Waals surface area contributed by atoms with Gasteiger partial charge in [-0.05, 0) is 18.2 Å². The highest BCUT2D eigenvalue weighted by Crippen LogP contribution is 2.19. The number of nitrogens with zero attached hydrogens (tertiary/aromatic N) is 3. The van der Waals surface area contributed by atoms with E-state index >= 15 is 0 Å². The quantitative estimate of drug-likeness (QED) is 0.482. The zero-order chi connectivity index (χ0) is 18.9. The summed E-state index contributed by atoms with van der Waals surface area (Å²) in [6, 6.07) is 24.9. The second-order valence-electron chi connectivity index (χ2n) is 6.47. The summed E-state index contributed by atoms with van der Waals surface area (Å²) in [6.45, 7) is 0. The normalized spacial score (nSPS) is 11.6. The molecule has 0 aliphatic heterocycles. The number of fused-ring (bicyclic) bond motifs is 2. The number of aromatic nitrogens is 3. The van der Waals surface area contributed by atoms with E-state index in [0.717, 1.165) is 22.0 Å². The first-order valence-corrected chi connectivity index (χ1v) is 8.99. The molecule has 1 N–H and O–H groups in total. The van der Waals surface area contributed by atoms with Gasteiger partial charge in [-0.2, -0.15) is 9.78 Å². The number of hydrogen-bond donors (Lipinski definition) is 1. The summed E-state index contributed by atoms with van der Waals surface area (Å²) in [5.41, 5.74) is 3.23. The Morgan fingerprint density at radius 1 is 0.857 bits per heavy atom. The van der Waals surface area contributed by atoms with E-state index in [9.17, 15) is 4.79 Å². The summed E-state index contributed by atoms with van der Waals surface area (Å²) in [5, 5.41) is 6.11. The van der Waals surface area contributed by atoms with Crippen LogP contribution in [0.25, 0.3) is 33.2 Å². The molecule has 0 fully saturated rings. The summed E-state index contributed by atoms with van der Waals surface area (Å²) >= 11 is 0. The summed E-state index contributed by atoms with van der Waals surface area (Å²) in [6.07, 6.45) is 3.58. The van der Waals surface area contributed by atoms with Crippen molar-refractivity contribution in [1.29, 1.82) is 0 Å². The number of hydrogen-bond acceptors (Lipinski definition) is 3. The average molecular weight is 364 g/mol. The standard InChI is InChI=1S/C23H16N4O/c28-23-19-11-5-7-13-21(19)26-22(16-8-2-1-3-9-16)27(23)25-15-17-14-24-20-12-6-4-10-18(17)20/h1-15,24H. The molecule has 0 saturated carbocycles. The lowest BCUT2D eigenvalue weighted by molar-refractivity contribution is 0.830. The Balaban J connectivity index is 1.73. The Morgan fingerprint density at radius 2 is 1.57 bits per heavy atom. The van der Waals surface area contributed by atoms with E-state index in [2.05, 4.69) is 10.1 Å². The third kappa shape index (κ3) is 2.70. The number of benzene rings is 3. The van der Waals surface area contributed by atoms with E-state index in [0.29, 0.717) is 16.7 Å². The molecule has 2 heterocycles. The van der Waals surface area contributed by atoms with Crippen molar-refractivity contribution in [3.63, 3.8) is 0 Å². The van der Waals surface area contributed by atoms with Gasteiger partial charge >= 0.3 is 0 Å². The molecule has 0 aliphatic carbocycles. The van der Waals surface area contributed by atoms with E-state index in [4.69, 9.17) is 4.98 Å². The first-order valence-electron chi connectivity index (χ1n) is 8.99. The van der Waals surface area contributed by atoms with Crippen molar-refractivity contribution >= 4 is 28.0 Å². The minimum Gasteiger partial charge on any atom is -0.361 e. The molecule has 0 atom stereocenters. The second kappa shape index (κ2) is 6.63. The number of H-pyrrole nitrogens is 1. The fourth-order valence-electron chi connectivity index (χ4n) is 3.33. The predicted octanol–water partition coefficient (Wildman–Crippen LogP) is 4.43. The van der Waals surface area contributed by atoms with E-state index in [1.807, 2.05) is 79.0 Å². The summed E-state index contributed by atoms with van der Waals surface area (Å²) in [7, 11) is 0. The van der Waals surface area contributed by atoms with Gasteiger partial charge in [-0.1, -0.05) is 60.7 Å². The molecule has 5 nitrogen and oxygen atoms in total. The van der Waals surface area contributed by atoms with Crippen LogP contribution in [-0.2, 0) is 0 Å². The maximum Gasteiger partial charge on any atom is 0.282 e. The largest absolute Gasteiger partial charge is 0.361 e. The van der Waals surface area contributed by atoms with Crippen LogP contribution in [0.3, 0.4) is 0 Å². The summed E-state index contributed by atoms with van der Waals surface area (Å²) in [4.78, 5) is 21.1. The zero-order valence-electron chi connectivity index (χ0n) is 14.9. The molecule has 0 radical (unpaired) electrons. The maximum absolute atomic E-state index is 13.1. The molecule has 0 aliphatic rings. The monoisotopic (exact) mass is 364 g/mol. The Morgan fingerprint density at radius 3 is 2.43 bits per heavy atom. The second-order valence-corrected chi connectivity index (χ2v) is 6.47. The third-order valence-electron chi connectivity index (χ3n) is 4.72. The van der Waals surface area contributed by atoms with E-state index in [-0.39, 0.29) is 5.56 Å². The maximum atomic E-state index is 13.1. The van der Waals surface area contributed by atoms with Crippen molar-refractivity contribution in [2.75, 3.05) is 0 Å². The van der Waals surface area contributed by atoms with Gasteiger partial charge in [-0.15, -0.1) is 0 Å². The third-order valence-corrected chi connectivity index (χ3v) is 4.72. The Bertz CT molecular complexity index is 1380. The van der Waals surface area contributed by atoms with Crippen LogP contribution < -0.4 is 5.56 Å². The zero-order valence-corrected chi connectivity index (χ0v) is 14.9. The lowest BCUT2D eigenvalue weighted by atomic mass is 10.2. The molecular weight excluding hydrogens is 348 g/mol. The SMILES string of the molecule is O=c1c2ccccc2nc(-c2ccccc2)n1N=Cc1c[nH]c2ccccc12. The van der Waals surface area contributed by atoms with Gasteiger partial charge in [0.2, 0.25) is 0 Å². The van der Waals surface area contributed by atoms with Crippen LogP contribution in [0.1, 0.15) is 5.56 Å². The van der Waals surface area contributed by atoms with Crippen LogP contribution in [0.2, 0.25) is 0 Å². The van der Waals surface area contributed by atoms with Crippen LogP contribution in [-0.4, -0.2) is 20.9 Å².